The lowest BCUT2D eigenvalue weighted by molar-refractivity contribution is 0.221. The zero-order chi connectivity index (χ0) is 9.23. The molecule has 1 atom stereocenters. The van der Waals surface area contributed by atoms with Crippen molar-refractivity contribution in [3.63, 3.8) is 0 Å². The number of unbranched alkanes of at least 4 members (excludes halogenated alkanes) is 3. The summed E-state index contributed by atoms with van der Waals surface area (Å²) in [7, 11) is 0. The molecule has 1 N–H and O–H groups in total. The minimum atomic E-state index is -0.392. The minimum Gasteiger partial charge on any atom is -0.380 e. The van der Waals surface area contributed by atoms with Gasteiger partial charge in [-0.3, -0.25) is 0 Å². The van der Waals surface area contributed by atoms with Crippen LogP contribution in [-0.4, -0.2) is 11.2 Å². The third-order valence-electron chi connectivity index (χ3n) is 1.74. The largest absolute Gasteiger partial charge is 0.380 e. The summed E-state index contributed by atoms with van der Waals surface area (Å²) in [6, 6.07) is 0. The fourth-order valence-electron chi connectivity index (χ4n) is 0.999. The highest BCUT2D eigenvalue weighted by molar-refractivity contribution is 5.04. The Balaban J connectivity index is 3.31. The van der Waals surface area contributed by atoms with Gasteiger partial charge in [-0.05, 0) is 12.8 Å². The molecule has 0 spiro atoms. The Morgan fingerprint density at radius 1 is 1.17 bits per heavy atom. The molecule has 0 aromatic rings. The van der Waals surface area contributed by atoms with Crippen LogP contribution in [-0.2, 0) is 0 Å². The molecule has 12 heavy (non-hydrogen) atoms. The van der Waals surface area contributed by atoms with Gasteiger partial charge in [0.05, 0.1) is 0 Å². The van der Waals surface area contributed by atoms with E-state index in [1.54, 1.807) is 0 Å². The zero-order valence-corrected chi connectivity index (χ0v) is 8.27. The first-order valence-corrected chi connectivity index (χ1v) is 4.97. The fourth-order valence-corrected chi connectivity index (χ4v) is 0.999. The van der Waals surface area contributed by atoms with E-state index in [1.165, 1.54) is 19.3 Å². The van der Waals surface area contributed by atoms with Gasteiger partial charge in [0.2, 0.25) is 0 Å². The van der Waals surface area contributed by atoms with Crippen LogP contribution in [0.5, 0.6) is 0 Å². The highest BCUT2D eigenvalue weighted by Crippen LogP contribution is 1.98. The van der Waals surface area contributed by atoms with Crippen LogP contribution in [0.25, 0.3) is 0 Å². The molecule has 0 aliphatic heterocycles. The average Bonchev–Trinajstić information content (AvgIpc) is 2.05. The Morgan fingerprint density at radius 2 is 1.92 bits per heavy atom. The van der Waals surface area contributed by atoms with Crippen LogP contribution >= 0.6 is 0 Å². The molecule has 0 rings (SSSR count). The Kier molecular flexibility index (Phi) is 8.27. The Morgan fingerprint density at radius 3 is 2.50 bits per heavy atom. The van der Waals surface area contributed by atoms with Gasteiger partial charge in [0.15, 0.2) is 0 Å². The fraction of sp³-hybridized carbons (Fsp3) is 0.818. The van der Waals surface area contributed by atoms with E-state index in [0.29, 0.717) is 0 Å². The average molecular weight is 168 g/mol. The van der Waals surface area contributed by atoms with E-state index >= 15 is 0 Å². The molecule has 0 aliphatic carbocycles. The Labute approximate surface area is 76.2 Å². The van der Waals surface area contributed by atoms with Crippen molar-refractivity contribution in [1.82, 2.24) is 0 Å². The van der Waals surface area contributed by atoms with Crippen molar-refractivity contribution in [2.45, 2.75) is 58.5 Å². The third-order valence-corrected chi connectivity index (χ3v) is 1.74. The summed E-state index contributed by atoms with van der Waals surface area (Å²) in [5.41, 5.74) is 0. The minimum absolute atomic E-state index is 0.392. The van der Waals surface area contributed by atoms with Gasteiger partial charge in [-0.15, -0.1) is 5.92 Å². The molecule has 0 fully saturated rings. The van der Waals surface area contributed by atoms with Gasteiger partial charge in [0.25, 0.3) is 0 Å². The summed E-state index contributed by atoms with van der Waals surface area (Å²) < 4.78 is 0. The molecule has 1 unspecified atom stereocenters. The highest BCUT2D eigenvalue weighted by atomic mass is 16.3. The summed E-state index contributed by atoms with van der Waals surface area (Å²) in [4.78, 5) is 0. The van der Waals surface area contributed by atoms with Crippen molar-refractivity contribution in [2.24, 2.45) is 0 Å². The normalized spacial score (nSPS) is 11.9. The molecule has 0 radical (unpaired) electrons. The molecule has 0 amide bonds. The van der Waals surface area contributed by atoms with Crippen LogP contribution in [0.4, 0.5) is 0 Å². The molecule has 70 valence electrons. The van der Waals surface area contributed by atoms with Crippen LogP contribution in [0.1, 0.15) is 52.4 Å². The van der Waals surface area contributed by atoms with Gasteiger partial charge < -0.3 is 5.11 Å². The summed E-state index contributed by atoms with van der Waals surface area (Å²) in [6.07, 6.45) is 6.01. The predicted molar refractivity (Wildman–Crippen MR) is 52.8 cm³/mol. The lowest BCUT2D eigenvalue weighted by atomic mass is 10.2. The summed E-state index contributed by atoms with van der Waals surface area (Å²) >= 11 is 0. The number of rotatable bonds is 5. The molecule has 1 nitrogen and oxygen atoms in total. The van der Waals surface area contributed by atoms with Crippen molar-refractivity contribution in [1.29, 1.82) is 0 Å². The van der Waals surface area contributed by atoms with Gasteiger partial charge in [0.1, 0.15) is 6.10 Å². The van der Waals surface area contributed by atoms with Crippen LogP contribution < -0.4 is 0 Å². The maximum atomic E-state index is 9.23. The monoisotopic (exact) mass is 168 g/mol. The molecule has 0 aromatic heterocycles. The first-order chi connectivity index (χ1) is 5.81. The molecule has 0 saturated carbocycles. The molecule has 0 aliphatic rings. The predicted octanol–water partition coefficient (Wildman–Crippen LogP) is 2.73. The molecule has 0 bridgehead atoms. The molecular weight excluding hydrogens is 148 g/mol. The van der Waals surface area contributed by atoms with Gasteiger partial charge in [-0.2, -0.15) is 0 Å². The number of aliphatic hydroxyl groups excluding tert-OH is 1. The van der Waals surface area contributed by atoms with Gasteiger partial charge in [-0.25, -0.2) is 0 Å². The van der Waals surface area contributed by atoms with Crippen molar-refractivity contribution in [2.75, 3.05) is 0 Å². The second kappa shape index (κ2) is 8.62. The summed E-state index contributed by atoms with van der Waals surface area (Å²) in [5.74, 6) is 5.85. The SMILES string of the molecule is CCCCCC#CC(O)CCC. The van der Waals surface area contributed by atoms with E-state index in [9.17, 15) is 5.11 Å². The lowest BCUT2D eigenvalue weighted by Crippen LogP contribution is -2.00. The van der Waals surface area contributed by atoms with E-state index in [4.69, 9.17) is 0 Å². The Bertz CT molecular complexity index is 141. The second-order valence-electron chi connectivity index (χ2n) is 3.08. The smallest absolute Gasteiger partial charge is 0.114 e. The maximum absolute atomic E-state index is 9.23. The van der Waals surface area contributed by atoms with Crippen LogP contribution in [0.3, 0.4) is 0 Å². The summed E-state index contributed by atoms with van der Waals surface area (Å²) in [6.45, 7) is 4.24. The first-order valence-electron chi connectivity index (χ1n) is 4.97. The van der Waals surface area contributed by atoms with Crippen LogP contribution in [0, 0.1) is 11.8 Å². The molecule has 0 heterocycles. The molecule has 1 heteroatoms. The van der Waals surface area contributed by atoms with E-state index in [2.05, 4.69) is 25.7 Å². The van der Waals surface area contributed by atoms with Crippen molar-refractivity contribution in [3.05, 3.63) is 0 Å². The topological polar surface area (TPSA) is 20.2 Å². The highest BCUT2D eigenvalue weighted by Gasteiger charge is 1.93. The quantitative estimate of drug-likeness (QED) is 0.494. The number of hydrogen-bond acceptors (Lipinski definition) is 1. The van der Waals surface area contributed by atoms with E-state index in [1.807, 2.05) is 0 Å². The number of aliphatic hydroxyl groups is 1. The van der Waals surface area contributed by atoms with Gasteiger partial charge >= 0.3 is 0 Å². The van der Waals surface area contributed by atoms with Crippen molar-refractivity contribution in [3.8, 4) is 11.8 Å². The zero-order valence-electron chi connectivity index (χ0n) is 8.27. The van der Waals surface area contributed by atoms with E-state index in [0.717, 1.165) is 19.3 Å². The van der Waals surface area contributed by atoms with Crippen LogP contribution in [0.2, 0.25) is 0 Å². The van der Waals surface area contributed by atoms with E-state index in [-0.39, 0.29) is 0 Å². The van der Waals surface area contributed by atoms with Crippen molar-refractivity contribution >= 4 is 0 Å². The Hall–Kier alpha value is -0.480. The van der Waals surface area contributed by atoms with Crippen molar-refractivity contribution < 1.29 is 5.11 Å². The molecule has 0 saturated heterocycles. The summed E-state index contributed by atoms with van der Waals surface area (Å²) in [5, 5.41) is 9.23. The lowest BCUT2D eigenvalue weighted by Gasteiger charge is -1.97. The second-order valence-corrected chi connectivity index (χ2v) is 3.08. The molecular formula is C11H20O. The van der Waals surface area contributed by atoms with E-state index < -0.39 is 6.10 Å². The van der Waals surface area contributed by atoms with Gasteiger partial charge in [0, 0.05) is 6.42 Å². The standard InChI is InChI=1S/C11H20O/c1-3-5-6-7-8-10-11(12)9-4-2/h11-12H,3-7,9H2,1-2H3. The van der Waals surface area contributed by atoms with Gasteiger partial charge in [-0.1, -0.05) is 39.0 Å². The van der Waals surface area contributed by atoms with Crippen LogP contribution in [0.15, 0.2) is 0 Å². The molecule has 0 aromatic carbocycles. The maximum Gasteiger partial charge on any atom is 0.114 e. The number of hydrogen-bond donors (Lipinski definition) is 1. The third kappa shape index (κ3) is 7.63. The first kappa shape index (κ1) is 11.5.